The van der Waals surface area contributed by atoms with Crippen molar-refractivity contribution >= 4 is 23.2 Å². The standard InChI is InChI=1S/C18H23N3O4S/c1-13(20-18(23)15-4-2-8-25-15)17(22)19-12-14(16-5-3-11-26-16)21-6-9-24-10-7-21/h2-5,8,11,13-14H,6-7,9-10,12H2,1H3,(H,19,22)(H,20,23). The van der Waals surface area contributed by atoms with Gasteiger partial charge in [0.05, 0.1) is 25.5 Å². The number of hydrogen-bond acceptors (Lipinski definition) is 6. The Labute approximate surface area is 156 Å². The lowest BCUT2D eigenvalue weighted by Crippen LogP contribution is -2.48. The zero-order valence-electron chi connectivity index (χ0n) is 14.6. The predicted octanol–water partition coefficient (Wildman–Crippen LogP) is 1.65. The summed E-state index contributed by atoms with van der Waals surface area (Å²) in [6.45, 7) is 5.22. The topological polar surface area (TPSA) is 83.8 Å². The van der Waals surface area contributed by atoms with Crippen molar-refractivity contribution in [1.82, 2.24) is 15.5 Å². The summed E-state index contributed by atoms with van der Waals surface area (Å²) in [5.41, 5.74) is 0. The van der Waals surface area contributed by atoms with Crippen LogP contribution in [0.4, 0.5) is 0 Å². The van der Waals surface area contributed by atoms with E-state index < -0.39 is 11.9 Å². The van der Waals surface area contributed by atoms with Crippen LogP contribution in [0.15, 0.2) is 40.3 Å². The molecule has 1 fully saturated rings. The van der Waals surface area contributed by atoms with Crippen molar-refractivity contribution in [3.63, 3.8) is 0 Å². The van der Waals surface area contributed by atoms with Crippen molar-refractivity contribution < 1.29 is 18.7 Å². The highest BCUT2D eigenvalue weighted by atomic mass is 32.1. The minimum atomic E-state index is -0.652. The molecule has 1 aliphatic rings. The van der Waals surface area contributed by atoms with Gasteiger partial charge in [0.15, 0.2) is 5.76 Å². The van der Waals surface area contributed by atoms with Crippen molar-refractivity contribution in [2.45, 2.75) is 19.0 Å². The number of ether oxygens (including phenoxy) is 1. The van der Waals surface area contributed by atoms with Crippen molar-refractivity contribution in [1.29, 1.82) is 0 Å². The van der Waals surface area contributed by atoms with Crippen LogP contribution in [0.2, 0.25) is 0 Å². The number of morpholine rings is 1. The van der Waals surface area contributed by atoms with Crippen LogP contribution in [0.5, 0.6) is 0 Å². The first-order valence-electron chi connectivity index (χ1n) is 8.62. The molecule has 0 bridgehead atoms. The number of thiophene rings is 1. The van der Waals surface area contributed by atoms with E-state index in [0.717, 1.165) is 13.1 Å². The summed E-state index contributed by atoms with van der Waals surface area (Å²) >= 11 is 1.68. The smallest absolute Gasteiger partial charge is 0.287 e. The number of nitrogens with zero attached hydrogens (tertiary/aromatic N) is 1. The number of hydrogen-bond donors (Lipinski definition) is 2. The second kappa shape index (κ2) is 8.98. The van der Waals surface area contributed by atoms with Gasteiger partial charge < -0.3 is 19.8 Å². The molecule has 26 heavy (non-hydrogen) atoms. The number of nitrogens with one attached hydrogen (secondary N) is 2. The van der Waals surface area contributed by atoms with Crippen LogP contribution in [0.25, 0.3) is 0 Å². The highest BCUT2D eigenvalue weighted by Gasteiger charge is 2.25. The van der Waals surface area contributed by atoms with Crippen LogP contribution < -0.4 is 10.6 Å². The molecule has 2 N–H and O–H groups in total. The van der Waals surface area contributed by atoms with E-state index in [-0.39, 0.29) is 17.7 Å². The van der Waals surface area contributed by atoms with Gasteiger partial charge in [0.25, 0.3) is 5.91 Å². The normalized spacial score (nSPS) is 17.4. The summed E-state index contributed by atoms with van der Waals surface area (Å²) in [5.74, 6) is -0.435. The van der Waals surface area contributed by atoms with E-state index >= 15 is 0 Å². The second-order valence-electron chi connectivity index (χ2n) is 6.10. The number of carbonyl (C=O) groups is 2. The fourth-order valence-corrected chi connectivity index (χ4v) is 3.73. The monoisotopic (exact) mass is 377 g/mol. The Balaban J connectivity index is 1.55. The molecule has 3 heterocycles. The molecule has 0 aromatic carbocycles. The van der Waals surface area contributed by atoms with Crippen molar-refractivity contribution in [2.24, 2.45) is 0 Å². The third-order valence-corrected chi connectivity index (χ3v) is 5.29. The lowest BCUT2D eigenvalue weighted by atomic mass is 10.1. The van der Waals surface area contributed by atoms with Gasteiger partial charge in [0, 0.05) is 24.5 Å². The molecule has 2 aromatic rings. The van der Waals surface area contributed by atoms with Crippen LogP contribution in [0, 0.1) is 0 Å². The van der Waals surface area contributed by atoms with Crippen molar-refractivity contribution in [2.75, 3.05) is 32.8 Å². The fourth-order valence-electron chi connectivity index (χ4n) is 2.87. The first kappa shape index (κ1) is 18.6. The van der Waals surface area contributed by atoms with Gasteiger partial charge in [0.2, 0.25) is 5.91 Å². The van der Waals surface area contributed by atoms with Gasteiger partial charge in [-0.1, -0.05) is 6.07 Å². The molecule has 140 valence electrons. The Bertz CT molecular complexity index is 696. The van der Waals surface area contributed by atoms with E-state index in [4.69, 9.17) is 9.15 Å². The molecule has 2 aromatic heterocycles. The van der Waals surface area contributed by atoms with Gasteiger partial charge >= 0.3 is 0 Å². The maximum absolute atomic E-state index is 12.4. The Morgan fingerprint density at radius 2 is 2.08 bits per heavy atom. The molecule has 3 rings (SSSR count). The summed E-state index contributed by atoms with van der Waals surface area (Å²) in [4.78, 5) is 27.9. The average Bonchev–Trinajstić information content (AvgIpc) is 3.36. The Kier molecular flexibility index (Phi) is 6.43. The Morgan fingerprint density at radius 1 is 1.27 bits per heavy atom. The van der Waals surface area contributed by atoms with Gasteiger partial charge in [-0.05, 0) is 30.5 Å². The van der Waals surface area contributed by atoms with Crippen LogP contribution in [-0.2, 0) is 9.53 Å². The highest BCUT2D eigenvalue weighted by molar-refractivity contribution is 7.10. The first-order valence-corrected chi connectivity index (χ1v) is 9.50. The molecular formula is C18H23N3O4S. The molecule has 1 saturated heterocycles. The minimum Gasteiger partial charge on any atom is -0.459 e. The number of rotatable bonds is 7. The highest BCUT2D eigenvalue weighted by Crippen LogP contribution is 2.25. The molecule has 2 amide bonds. The van der Waals surface area contributed by atoms with E-state index in [2.05, 4.69) is 21.6 Å². The minimum absolute atomic E-state index is 0.107. The van der Waals surface area contributed by atoms with Gasteiger partial charge in [-0.25, -0.2) is 0 Å². The lowest BCUT2D eigenvalue weighted by Gasteiger charge is -2.34. The molecule has 0 radical (unpaired) electrons. The van der Waals surface area contributed by atoms with Crippen molar-refractivity contribution in [3.05, 3.63) is 46.5 Å². The molecule has 0 saturated carbocycles. The molecule has 7 nitrogen and oxygen atoms in total. The van der Waals surface area contributed by atoms with E-state index in [0.29, 0.717) is 19.8 Å². The van der Waals surface area contributed by atoms with Crippen LogP contribution in [-0.4, -0.2) is 55.6 Å². The van der Waals surface area contributed by atoms with Crippen molar-refractivity contribution in [3.8, 4) is 0 Å². The van der Waals surface area contributed by atoms with E-state index in [1.807, 2.05) is 11.4 Å². The Morgan fingerprint density at radius 3 is 2.73 bits per heavy atom. The number of carbonyl (C=O) groups excluding carboxylic acids is 2. The quantitative estimate of drug-likeness (QED) is 0.767. The summed E-state index contributed by atoms with van der Waals surface area (Å²) in [5, 5.41) is 7.64. The summed E-state index contributed by atoms with van der Waals surface area (Å²) in [7, 11) is 0. The predicted molar refractivity (Wildman–Crippen MR) is 98.1 cm³/mol. The van der Waals surface area contributed by atoms with Crippen LogP contribution >= 0.6 is 11.3 Å². The Hall–Kier alpha value is -2.16. The molecular weight excluding hydrogens is 354 g/mol. The van der Waals surface area contributed by atoms with Gasteiger partial charge in [0.1, 0.15) is 6.04 Å². The number of amides is 2. The SMILES string of the molecule is CC(NC(=O)c1ccco1)C(=O)NCC(c1cccs1)N1CCOCC1. The van der Waals surface area contributed by atoms with E-state index in [9.17, 15) is 9.59 Å². The molecule has 2 atom stereocenters. The van der Waals surface area contributed by atoms with Gasteiger partial charge in [-0.3, -0.25) is 14.5 Å². The zero-order chi connectivity index (χ0) is 18.4. The van der Waals surface area contributed by atoms with E-state index in [1.54, 1.807) is 30.4 Å². The third-order valence-electron chi connectivity index (χ3n) is 4.31. The van der Waals surface area contributed by atoms with Gasteiger partial charge in [-0.15, -0.1) is 11.3 Å². The summed E-state index contributed by atoms with van der Waals surface area (Å²) in [6, 6.07) is 6.75. The molecule has 8 heteroatoms. The average molecular weight is 377 g/mol. The maximum Gasteiger partial charge on any atom is 0.287 e. The largest absolute Gasteiger partial charge is 0.459 e. The van der Waals surface area contributed by atoms with Gasteiger partial charge in [-0.2, -0.15) is 0 Å². The zero-order valence-corrected chi connectivity index (χ0v) is 15.5. The molecule has 0 spiro atoms. The lowest BCUT2D eigenvalue weighted by molar-refractivity contribution is -0.122. The first-order chi connectivity index (χ1) is 12.6. The van der Waals surface area contributed by atoms with Crippen LogP contribution in [0.1, 0.15) is 28.4 Å². The van der Waals surface area contributed by atoms with Crippen LogP contribution in [0.3, 0.4) is 0 Å². The second-order valence-corrected chi connectivity index (χ2v) is 7.08. The summed E-state index contributed by atoms with van der Waals surface area (Å²) in [6.07, 6.45) is 1.42. The summed E-state index contributed by atoms with van der Waals surface area (Å²) < 4.78 is 10.5. The van der Waals surface area contributed by atoms with E-state index in [1.165, 1.54) is 11.1 Å². The molecule has 2 unspecified atom stereocenters. The third kappa shape index (κ3) is 4.72. The molecule has 0 aliphatic carbocycles. The molecule has 1 aliphatic heterocycles. The number of furan rings is 1. The fraction of sp³-hybridized carbons (Fsp3) is 0.444. The maximum atomic E-state index is 12.4.